The molecule has 2 aromatic heterocycles. The fourth-order valence-corrected chi connectivity index (χ4v) is 2.09. The van der Waals surface area contributed by atoms with Crippen LogP contribution in [0.1, 0.15) is 37.4 Å². The van der Waals surface area contributed by atoms with E-state index in [4.69, 9.17) is 10.5 Å². The van der Waals surface area contributed by atoms with Crippen molar-refractivity contribution < 1.29 is 4.74 Å². The number of nitrogens with zero attached hydrogens (tertiary/aromatic N) is 3. The Labute approximate surface area is 119 Å². The zero-order chi connectivity index (χ0) is 14.7. The summed E-state index contributed by atoms with van der Waals surface area (Å²) in [6.07, 6.45) is 1.79. The summed E-state index contributed by atoms with van der Waals surface area (Å²) >= 11 is 0. The van der Waals surface area contributed by atoms with E-state index in [1.807, 2.05) is 30.7 Å². The first-order chi connectivity index (χ1) is 9.56. The highest BCUT2D eigenvalue weighted by atomic mass is 16.5. The minimum Gasteiger partial charge on any atom is -0.435 e. The molecule has 0 bridgehead atoms. The molecular weight excluding hydrogens is 252 g/mol. The molecule has 0 fully saturated rings. The Bertz CT molecular complexity index is 604. The van der Waals surface area contributed by atoms with Crippen LogP contribution < -0.4 is 10.5 Å². The first-order valence-electron chi connectivity index (χ1n) is 7.04. The van der Waals surface area contributed by atoms with Gasteiger partial charge in [0, 0.05) is 12.2 Å². The second-order valence-corrected chi connectivity index (χ2v) is 4.88. The Kier molecular flexibility index (Phi) is 4.27. The van der Waals surface area contributed by atoms with E-state index in [1.165, 1.54) is 0 Å². The maximum absolute atomic E-state index is 6.07. The van der Waals surface area contributed by atoms with E-state index in [9.17, 15) is 0 Å². The average Bonchev–Trinajstić information content (AvgIpc) is 2.69. The molecule has 20 heavy (non-hydrogen) atoms. The number of aryl methyl sites for hydroxylation is 4. The molecule has 0 aliphatic rings. The van der Waals surface area contributed by atoms with Gasteiger partial charge in [0.15, 0.2) is 5.75 Å². The third kappa shape index (κ3) is 2.76. The number of rotatable bonds is 5. The van der Waals surface area contributed by atoms with Crippen LogP contribution in [0, 0.1) is 13.8 Å². The summed E-state index contributed by atoms with van der Waals surface area (Å²) in [4.78, 5) is 4.50. The molecule has 0 amide bonds. The quantitative estimate of drug-likeness (QED) is 0.909. The van der Waals surface area contributed by atoms with Gasteiger partial charge < -0.3 is 10.5 Å². The summed E-state index contributed by atoms with van der Waals surface area (Å²) in [6.45, 7) is 8.81. The molecule has 0 aliphatic carbocycles. The summed E-state index contributed by atoms with van der Waals surface area (Å²) < 4.78 is 7.83. The van der Waals surface area contributed by atoms with Crippen molar-refractivity contribution in [2.24, 2.45) is 0 Å². The molecule has 108 valence electrons. The molecule has 2 heterocycles. The van der Waals surface area contributed by atoms with Crippen molar-refractivity contribution in [3.63, 3.8) is 0 Å². The van der Waals surface area contributed by atoms with Crippen molar-refractivity contribution in [2.45, 2.75) is 47.1 Å². The van der Waals surface area contributed by atoms with Gasteiger partial charge in [-0.1, -0.05) is 13.8 Å². The molecule has 0 radical (unpaired) electrons. The van der Waals surface area contributed by atoms with Gasteiger partial charge in [-0.3, -0.25) is 4.98 Å². The molecule has 2 aromatic rings. The van der Waals surface area contributed by atoms with E-state index in [-0.39, 0.29) is 0 Å². The molecule has 5 heteroatoms. The lowest BCUT2D eigenvalue weighted by molar-refractivity contribution is 0.405. The highest BCUT2D eigenvalue weighted by Gasteiger charge is 2.16. The number of nitrogens with two attached hydrogens (primary N) is 1. The van der Waals surface area contributed by atoms with Crippen molar-refractivity contribution in [1.29, 1.82) is 0 Å². The Morgan fingerprint density at radius 1 is 1.25 bits per heavy atom. The minimum atomic E-state index is 0.598. The lowest BCUT2D eigenvalue weighted by Crippen LogP contribution is -2.04. The zero-order valence-electron chi connectivity index (χ0n) is 12.6. The highest BCUT2D eigenvalue weighted by Crippen LogP contribution is 2.31. The van der Waals surface area contributed by atoms with E-state index >= 15 is 0 Å². The number of nitrogen functional groups attached to an aromatic ring is 1. The van der Waals surface area contributed by atoms with E-state index in [0.29, 0.717) is 11.6 Å². The molecule has 5 nitrogen and oxygen atoms in total. The van der Waals surface area contributed by atoms with E-state index in [1.54, 1.807) is 0 Å². The fraction of sp³-hybridized carbons (Fsp3) is 0.467. The van der Waals surface area contributed by atoms with E-state index in [2.05, 4.69) is 23.9 Å². The summed E-state index contributed by atoms with van der Waals surface area (Å²) in [6, 6.07) is 3.89. The maximum Gasteiger partial charge on any atom is 0.241 e. The highest BCUT2D eigenvalue weighted by molar-refractivity contribution is 5.54. The number of aromatic nitrogens is 3. The Morgan fingerprint density at radius 3 is 2.65 bits per heavy atom. The molecule has 0 atom stereocenters. The first-order valence-corrected chi connectivity index (χ1v) is 7.04. The van der Waals surface area contributed by atoms with Crippen molar-refractivity contribution >= 4 is 5.69 Å². The standard InChI is InChI=1S/C15H22N4O/c1-5-9-19-15(14(16)11(4)18-19)20-13-8-7-10(3)17-12(13)6-2/h7-8H,5-6,9,16H2,1-4H3. The largest absolute Gasteiger partial charge is 0.435 e. The Balaban J connectivity index is 2.39. The van der Waals surface area contributed by atoms with Gasteiger partial charge in [0.25, 0.3) is 0 Å². The van der Waals surface area contributed by atoms with Crippen LogP contribution in [0.3, 0.4) is 0 Å². The van der Waals surface area contributed by atoms with Crippen molar-refractivity contribution in [1.82, 2.24) is 14.8 Å². The lowest BCUT2D eigenvalue weighted by atomic mass is 10.2. The fourth-order valence-electron chi connectivity index (χ4n) is 2.09. The van der Waals surface area contributed by atoms with Gasteiger partial charge in [-0.05, 0) is 38.8 Å². The molecule has 0 saturated heterocycles. The predicted octanol–water partition coefficient (Wildman–Crippen LogP) is 3.24. The number of pyridine rings is 1. The number of anilines is 1. The zero-order valence-corrected chi connectivity index (χ0v) is 12.6. The van der Waals surface area contributed by atoms with Gasteiger partial charge in [0.2, 0.25) is 5.88 Å². The second kappa shape index (κ2) is 5.94. The van der Waals surface area contributed by atoms with Crippen LogP contribution in [0.4, 0.5) is 5.69 Å². The van der Waals surface area contributed by atoms with Gasteiger partial charge in [-0.15, -0.1) is 0 Å². The van der Waals surface area contributed by atoms with Gasteiger partial charge in [-0.2, -0.15) is 5.10 Å². The van der Waals surface area contributed by atoms with Gasteiger partial charge in [0.05, 0.1) is 11.4 Å². The third-order valence-electron chi connectivity index (χ3n) is 3.17. The normalized spacial score (nSPS) is 10.8. The Hall–Kier alpha value is -2.04. The van der Waals surface area contributed by atoms with Gasteiger partial charge in [0.1, 0.15) is 5.69 Å². The molecule has 0 aromatic carbocycles. The topological polar surface area (TPSA) is 66.0 Å². The molecule has 2 rings (SSSR count). The molecule has 0 unspecified atom stereocenters. The van der Waals surface area contributed by atoms with Gasteiger partial charge >= 0.3 is 0 Å². The van der Waals surface area contributed by atoms with Crippen LogP contribution in [0.25, 0.3) is 0 Å². The van der Waals surface area contributed by atoms with Crippen molar-refractivity contribution in [3.8, 4) is 11.6 Å². The molecule has 0 saturated carbocycles. The van der Waals surface area contributed by atoms with Crippen LogP contribution in [0.15, 0.2) is 12.1 Å². The van der Waals surface area contributed by atoms with Crippen LogP contribution in [-0.2, 0) is 13.0 Å². The number of hydrogen-bond donors (Lipinski definition) is 1. The van der Waals surface area contributed by atoms with Gasteiger partial charge in [-0.25, -0.2) is 4.68 Å². The smallest absolute Gasteiger partial charge is 0.241 e. The maximum atomic E-state index is 6.07. The molecule has 0 aliphatic heterocycles. The predicted molar refractivity (Wildman–Crippen MR) is 80.1 cm³/mol. The number of ether oxygens (including phenoxy) is 1. The number of hydrogen-bond acceptors (Lipinski definition) is 4. The second-order valence-electron chi connectivity index (χ2n) is 4.88. The van der Waals surface area contributed by atoms with Crippen LogP contribution in [-0.4, -0.2) is 14.8 Å². The van der Waals surface area contributed by atoms with E-state index in [0.717, 1.165) is 42.2 Å². The minimum absolute atomic E-state index is 0.598. The SMILES string of the molecule is CCCn1nc(C)c(N)c1Oc1ccc(C)nc1CC. The van der Waals surface area contributed by atoms with Crippen LogP contribution >= 0.6 is 0 Å². The van der Waals surface area contributed by atoms with Crippen molar-refractivity contribution in [3.05, 3.63) is 29.2 Å². The van der Waals surface area contributed by atoms with Crippen LogP contribution in [0.2, 0.25) is 0 Å². The van der Waals surface area contributed by atoms with E-state index < -0.39 is 0 Å². The summed E-state index contributed by atoms with van der Waals surface area (Å²) in [7, 11) is 0. The van der Waals surface area contributed by atoms with Crippen molar-refractivity contribution in [2.75, 3.05) is 5.73 Å². The molecule has 2 N–H and O–H groups in total. The summed E-state index contributed by atoms with van der Waals surface area (Å²) in [5, 5.41) is 4.42. The Morgan fingerprint density at radius 2 is 2.00 bits per heavy atom. The summed E-state index contributed by atoms with van der Waals surface area (Å²) in [5.74, 6) is 1.37. The average molecular weight is 274 g/mol. The molecule has 0 spiro atoms. The first kappa shape index (κ1) is 14.4. The third-order valence-corrected chi connectivity index (χ3v) is 3.17. The monoisotopic (exact) mass is 274 g/mol. The molecular formula is C15H22N4O. The summed E-state index contributed by atoms with van der Waals surface area (Å²) in [5.41, 5.74) is 9.39. The lowest BCUT2D eigenvalue weighted by Gasteiger charge is -2.12. The van der Waals surface area contributed by atoms with Crippen LogP contribution in [0.5, 0.6) is 11.6 Å².